The SMILES string of the molecule is CC(O)CNS(=O)(=O)c1cc(Cl)c(Cl)cc1Br. The van der Waals surface area contributed by atoms with Gasteiger partial charge in [0.25, 0.3) is 0 Å². The summed E-state index contributed by atoms with van der Waals surface area (Å²) in [5.74, 6) is 0. The highest BCUT2D eigenvalue weighted by Gasteiger charge is 2.19. The van der Waals surface area contributed by atoms with Crippen molar-refractivity contribution in [2.45, 2.75) is 17.9 Å². The van der Waals surface area contributed by atoms with E-state index in [4.69, 9.17) is 28.3 Å². The van der Waals surface area contributed by atoms with Gasteiger partial charge in [-0.25, -0.2) is 13.1 Å². The van der Waals surface area contributed by atoms with Crippen LogP contribution in [0.15, 0.2) is 21.5 Å². The van der Waals surface area contributed by atoms with Crippen LogP contribution in [0, 0.1) is 0 Å². The number of nitrogens with one attached hydrogen (secondary N) is 1. The van der Waals surface area contributed by atoms with Crippen molar-refractivity contribution >= 4 is 49.2 Å². The van der Waals surface area contributed by atoms with Crippen LogP contribution in [0.1, 0.15) is 6.92 Å². The highest BCUT2D eigenvalue weighted by Crippen LogP contribution is 2.31. The van der Waals surface area contributed by atoms with E-state index < -0.39 is 16.1 Å². The Morgan fingerprint density at radius 1 is 1.41 bits per heavy atom. The quantitative estimate of drug-likeness (QED) is 0.808. The fourth-order valence-electron chi connectivity index (χ4n) is 1.02. The van der Waals surface area contributed by atoms with Gasteiger partial charge in [0.2, 0.25) is 10.0 Å². The Balaban J connectivity index is 3.11. The van der Waals surface area contributed by atoms with E-state index in [1.54, 1.807) is 0 Å². The summed E-state index contributed by atoms with van der Waals surface area (Å²) in [6, 6.07) is 2.65. The summed E-state index contributed by atoms with van der Waals surface area (Å²) in [5.41, 5.74) is 0. The number of benzene rings is 1. The molecule has 1 unspecified atom stereocenters. The molecule has 4 nitrogen and oxygen atoms in total. The van der Waals surface area contributed by atoms with Crippen LogP contribution < -0.4 is 4.72 Å². The van der Waals surface area contributed by atoms with E-state index in [1.165, 1.54) is 19.1 Å². The molecule has 0 aromatic heterocycles. The van der Waals surface area contributed by atoms with E-state index in [2.05, 4.69) is 20.7 Å². The maximum atomic E-state index is 11.9. The van der Waals surface area contributed by atoms with Crippen LogP contribution in [0.25, 0.3) is 0 Å². The third-order valence-corrected chi connectivity index (χ3v) is 4.94. The van der Waals surface area contributed by atoms with Gasteiger partial charge in [-0.2, -0.15) is 0 Å². The molecule has 1 atom stereocenters. The molecular weight excluding hydrogens is 353 g/mol. The van der Waals surface area contributed by atoms with Crippen LogP contribution in [-0.2, 0) is 10.0 Å². The number of rotatable bonds is 4. The topological polar surface area (TPSA) is 66.4 Å². The average Bonchev–Trinajstić information content (AvgIpc) is 2.20. The van der Waals surface area contributed by atoms with Gasteiger partial charge in [0.15, 0.2) is 0 Å². The van der Waals surface area contributed by atoms with Crippen molar-refractivity contribution in [3.8, 4) is 0 Å². The first-order valence-electron chi connectivity index (χ1n) is 4.56. The number of hydrogen-bond donors (Lipinski definition) is 2. The monoisotopic (exact) mass is 361 g/mol. The Morgan fingerprint density at radius 3 is 2.47 bits per heavy atom. The summed E-state index contributed by atoms with van der Waals surface area (Å²) in [6.45, 7) is 1.40. The second-order valence-corrected chi connectivity index (χ2v) is 6.80. The first-order valence-corrected chi connectivity index (χ1v) is 7.59. The van der Waals surface area contributed by atoms with Crippen molar-refractivity contribution in [2.24, 2.45) is 0 Å². The Kier molecular flexibility index (Phi) is 5.24. The highest BCUT2D eigenvalue weighted by atomic mass is 79.9. The predicted molar refractivity (Wildman–Crippen MR) is 71.0 cm³/mol. The molecule has 0 aliphatic heterocycles. The van der Waals surface area contributed by atoms with Crippen LogP contribution in [0.4, 0.5) is 0 Å². The lowest BCUT2D eigenvalue weighted by atomic mass is 10.4. The molecule has 0 bridgehead atoms. The number of sulfonamides is 1. The van der Waals surface area contributed by atoms with Gasteiger partial charge in [0, 0.05) is 11.0 Å². The Bertz CT molecular complexity index is 519. The van der Waals surface area contributed by atoms with Crippen molar-refractivity contribution in [3.05, 3.63) is 26.7 Å². The van der Waals surface area contributed by atoms with Crippen molar-refractivity contribution in [2.75, 3.05) is 6.54 Å². The Hall–Kier alpha value is 0.150. The van der Waals surface area contributed by atoms with Crippen molar-refractivity contribution in [3.63, 3.8) is 0 Å². The van der Waals surface area contributed by atoms with E-state index in [-0.39, 0.29) is 21.5 Å². The molecule has 8 heteroatoms. The third-order valence-electron chi connectivity index (χ3n) is 1.83. The fourth-order valence-corrected chi connectivity index (χ4v) is 3.73. The minimum atomic E-state index is -3.73. The van der Waals surface area contributed by atoms with Crippen LogP contribution in [-0.4, -0.2) is 26.2 Å². The Labute approximate surface area is 118 Å². The first-order chi connectivity index (χ1) is 7.74. The summed E-state index contributed by atoms with van der Waals surface area (Å²) < 4.78 is 26.3. The van der Waals surface area contributed by atoms with Crippen LogP contribution >= 0.6 is 39.1 Å². The molecule has 1 aromatic rings. The van der Waals surface area contributed by atoms with E-state index in [0.29, 0.717) is 4.47 Å². The van der Waals surface area contributed by atoms with Crippen LogP contribution in [0.5, 0.6) is 0 Å². The van der Waals surface area contributed by atoms with E-state index >= 15 is 0 Å². The molecule has 0 heterocycles. The summed E-state index contributed by atoms with van der Waals surface area (Å²) in [5, 5.41) is 9.45. The molecule has 0 amide bonds. The van der Waals surface area contributed by atoms with Crippen LogP contribution in [0.3, 0.4) is 0 Å². The number of aliphatic hydroxyl groups is 1. The van der Waals surface area contributed by atoms with Crippen LogP contribution in [0.2, 0.25) is 10.0 Å². The lowest BCUT2D eigenvalue weighted by molar-refractivity contribution is 0.198. The van der Waals surface area contributed by atoms with Gasteiger partial charge in [-0.3, -0.25) is 0 Å². The van der Waals surface area contributed by atoms with Crippen molar-refractivity contribution in [1.29, 1.82) is 0 Å². The number of halogens is 3. The third kappa shape index (κ3) is 4.08. The number of hydrogen-bond acceptors (Lipinski definition) is 3. The minimum Gasteiger partial charge on any atom is -0.392 e. The molecule has 0 aliphatic carbocycles. The zero-order valence-electron chi connectivity index (χ0n) is 8.75. The normalized spacial score (nSPS) is 13.7. The predicted octanol–water partition coefficient (Wildman–Crippen LogP) is 2.42. The second-order valence-electron chi connectivity index (χ2n) is 3.40. The van der Waals surface area contributed by atoms with Crippen molar-refractivity contribution < 1.29 is 13.5 Å². The van der Waals surface area contributed by atoms with E-state index in [9.17, 15) is 8.42 Å². The molecule has 2 N–H and O–H groups in total. The first kappa shape index (κ1) is 15.2. The van der Waals surface area contributed by atoms with Crippen molar-refractivity contribution in [1.82, 2.24) is 4.72 Å². The molecule has 1 aromatic carbocycles. The average molecular weight is 363 g/mol. The summed E-state index contributed by atoms with van der Waals surface area (Å²) in [4.78, 5) is -0.0208. The molecule has 96 valence electrons. The molecule has 0 fully saturated rings. The van der Waals surface area contributed by atoms with E-state index in [0.717, 1.165) is 0 Å². The standard InChI is InChI=1S/C9H10BrCl2NO3S/c1-5(14)4-13-17(15,16)9-3-8(12)7(11)2-6(9)10/h2-3,5,13-14H,4H2,1H3. The van der Waals surface area contributed by atoms with Gasteiger partial charge in [0.05, 0.1) is 21.0 Å². The van der Waals surface area contributed by atoms with Gasteiger partial charge in [0.1, 0.15) is 0 Å². The maximum absolute atomic E-state index is 11.9. The smallest absolute Gasteiger partial charge is 0.241 e. The molecule has 0 aliphatic rings. The lowest BCUT2D eigenvalue weighted by Crippen LogP contribution is -2.30. The number of aliphatic hydroxyl groups excluding tert-OH is 1. The Morgan fingerprint density at radius 2 is 1.94 bits per heavy atom. The fraction of sp³-hybridized carbons (Fsp3) is 0.333. The largest absolute Gasteiger partial charge is 0.392 e. The van der Waals surface area contributed by atoms with E-state index in [1.807, 2.05) is 0 Å². The zero-order valence-corrected chi connectivity index (χ0v) is 12.7. The molecule has 0 saturated carbocycles. The lowest BCUT2D eigenvalue weighted by Gasteiger charge is -2.10. The van der Waals surface area contributed by atoms with Gasteiger partial charge in [-0.05, 0) is 35.0 Å². The van der Waals surface area contributed by atoms with Gasteiger partial charge in [-0.15, -0.1) is 0 Å². The summed E-state index contributed by atoms with van der Waals surface area (Å²) >= 11 is 14.6. The summed E-state index contributed by atoms with van der Waals surface area (Å²) in [6.07, 6.45) is -0.772. The molecular formula is C9H10BrCl2NO3S. The minimum absolute atomic E-state index is 0.0208. The second kappa shape index (κ2) is 5.86. The van der Waals surface area contributed by atoms with Gasteiger partial charge < -0.3 is 5.11 Å². The summed E-state index contributed by atoms with van der Waals surface area (Å²) in [7, 11) is -3.73. The molecule has 0 spiro atoms. The maximum Gasteiger partial charge on any atom is 0.241 e. The van der Waals surface area contributed by atoms with Gasteiger partial charge in [-0.1, -0.05) is 23.2 Å². The molecule has 0 radical (unpaired) electrons. The molecule has 1 rings (SSSR count). The zero-order chi connectivity index (χ0) is 13.2. The molecule has 0 saturated heterocycles. The molecule has 17 heavy (non-hydrogen) atoms. The van der Waals surface area contributed by atoms with Gasteiger partial charge >= 0.3 is 0 Å². The highest BCUT2D eigenvalue weighted by molar-refractivity contribution is 9.10.